The molecular formula is C17H18FNO3S. The van der Waals surface area contributed by atoms with Crippen molar-refractivity contribution in [3.05, 3.63) is 53.8 Å². The lowest BCUT2D eigenvalue weighted by Crippen LogP contribution is -2.31. The molecular weight excluding hydrogens is 317 g/mol. The molecule has 0 spiro atoms. The molecule has 0 amide bonds. The van der Waals surface area contributed by atoms with Crippen molar-refractivity contribution < 1.29 is 17.5 Å². The predicted octanol–water partition coefficient (Wildman–Crippen LogP) is 3.37. The maximum Gasteiger partial charge on any atom is 0.264 e. The first kappa shape index (κ1) is 15.8. The Bertz CT molecular complexity index is 820. The number of methoxy groups -OCH3 is 1. The summed E-state index contributed by atoms with van der Waals surface area (Å²) >= 11 is 0. The second-order valence-electron chi connectivity index (χ2n) is 5.46. The zero-order valence-corrected chi connectivity index (χ0v) is 13.6. The summed E-state index contributed by atoms with van der Waals surface area (Å²) in [4.78, 5) is -0.0625. The van der Waals surface area contributed by atoms with Gasteiger partial charge in [-0.1, -0.05) is 18.2 Å². The third-order valence-electron chi connectivity index (χ3n) is 4.03. The minimum atomic E-state index is -3.81. The number of hydrogen-bond acceptors (Lipinski definition) is 3. The molecule has 122 valence electrons. The normalized spacial score (nSPS) is 15.0. The zero-order chi connectivity index (χ0) is 16.4. The Morgan fingerprint density at radius 2 is 1.91 bits per heavy atom. The fourth-order valence-corrected chi connectivity index (χ4v) is 4.39. The Kier molecular flexibility index (Phi) is 4.26. The van der Waals surface area contributed by atoms with E-state index in [1.807, 2.05) is 18.2 Å². The van der Waals surface area contributed by atoms with Crippen LogP contribution in [0.5, 0.6) is 5.75 Å². The summed E-state index contributed by atoms with van der Waals surface area (Å²) in [6, 6.07) is 11.2. The monoisotopic (exact) mass is 335 g/mol. The van der Waals surface area contributed by atoms with E-state index in [1.165, 1.54) is 23.5 Å². The molecule has 2 aromatic carbocycles. The van der Waals surface area contributed by atoms with E-state index in [1.54, 1.807) is 6.07 Å². The highest BCUT2D eigenvalue weighted by atomic mass is 32.2. The van der Waals surface area contributed by atoms with Gasteiger partial charge in [0.15, 0.2) is 11.6 Å². The van der Waals surface area contributed by atoms with Crippen LogP contribution in [-0.2, 0) is 16.4 Å². The van der Waals surface area contributed by atoms with Gasteiger partial charge in [0.05, 0.1) is 17.7 Å². The lowest BCUT2D eigenvalue weighted by molar-refractivity contribution is 0.385. The second kappa shape index (κ2) is 6.20. The number of halogens is 1. The van der Waals surface area contributed by atoms with Crippen LogP contribution >= 0.6 is 0 Å². The minimum absolute atomic E-state index is 0.0280. The number of para-hydroxylation sites is 1. The lowest BCUT2D eigenvalue weighted by atomic mass is 10.1. The van der Waals surface area contributed by atoms with Gasteiger partial charge in [-0.3, -0.25) is 4.31 Å². The van der Waals surface area contributed by atoms with Gasteiger partial charge in [-0.25, -0.2) is 12.8 Å². The first-order chi connectivity index (χ1) is 11.0. The number of aryl methyl sites for hydroxylation is 1. The van der Waals surface area contributed by atoms with Gasteiger partial charge in [0.1, 0.15) is 0 Å². The summed E-state index contributed by atoms with van der Waals surface area (Å²) < 4.78 is 46.1. The molecule has 1 aliphatic heterocycles. The van der Waals surface area contributed by atoms with Crippen LogP contribution in [0.2, 0.25) is 0 Å². The van der Waals surface area contributed by atoms with Gasteiger partial charge in [0.2, 0.25) is 0 Å². The van der Waals surface area contributed by atoms with E-state index in [-0.39, 0.29) is 10.6 Å². The van der Waals surface area contributed by atoms with Crippen molar-refractivity contribution in [1.29, 1.82) is 0 Å². The standard InChI is InChI=1S/C17H18FNO3S/c1-22-17-10-9-14(12-15(17)18)23(20,21)19-11-5-4-7-13-6-2-3-8-16(13)19/h2-3,6,8-10,12H,4-5,7,11H2,1H3. The largest absolute Gasteiger partial charge is 0.494 e. The summed E-state index contributed by atoms with van der Waals surface area (Å²) in [5, 5.41) is 0. The highest BCUT2D eigenvalue weighted by Crippen LogP contribution is 2.32. The van der Waals surface area contributed by atoms with Crippen molar-refractivity contribution in [3.8, 4) is 5.75 Å². The van der Waals surface area contributed by atoms with Crippen molar-refractivity contribution in [2.45, 2.75) is 24.2 Å². The van der Waals surface area contributed by atoms with Crippen molar-refractivity contribution in [2.24, 2.45) is 0 Å². The number of ether oxygens (including phenoxy) is 1. The molecule has 3 rings (SSSR count). The number of hydrogen-bond donors (Lipinski definition) is 0. The zero-order valence-electron chi connectivity index (χ0n) is 12.8. The number of fused-ring (bicyclic) bond motifs is 1. The number of sulfonamides is 1. The fraction of sp³-hybridized carbons (Fsp3) is 0.294. The molecule has 1 heterocycles. The van der Waals surface area contributed by atoms with Crippen LogP contribution < -0.4 is 9.04 Å². The van der Waals surface area contributed by atoms with E-state index in [2.05, 4.69) is 0 Å². The van der Waals surface area contributed by atoms with Gasteiger partial charge in [-0.05, 0) is 49.1 Å². The topological polar surface area (TPSA) is 46.6 Å². The summed E-state index contributed by atoms with van der Waals surface area (Å²) in [5.41, 5.74) is 1.68. The molecule has 0 N–H and O–H groups in total. The molecule has 0 fully saturated rings. The highest BCUT2D eigenvalue weighted by molar-refractivity contribution is 7.92. The molecule has 0 unspecified atom stereocenters. The maximum absolute atomic E-state index is 13.9. The average molecular weight is 335 g/mol. The number of anilines is 1. The Hall–Kier alpha value is -2.08. The van der Waals surface area contributed by atoms with Crippen molar-refractivity contribution in [2.75, 3.05) is 18.0 Å². The van der Waals surface area contributed by atoms with Crippen LogP contribution in [0.4, 0.5) is 10.1 Å². The molecule has 0 saturated carbocycles. The van der Waals surface area contributed by atoms with Gasteiger partial charge in [-0.2, -0.15) is 0 Å². The van der Waals surface area contributed by atoms with Gasteiger partial charge in [0.25, 0.3) is 10.0 Å². The molecule has 0 radical (unpaired) electrons. The fourth-order valence-electron chi connectivity index (χ4n) is 2.84. The van der Waals surface area contributed by atoms with Crippen molar-refractivity contribution in [3.63, 3.8) is 0 Å². The molecule has 6 heteroatoms. The second-order valence-corrected chi connectivity index (χ2v) is 7.32. The molecule has 0 saturated heterocycles. The van der Waals surface area contributed by atoms with E-state index in [0.29, 0.717) is 12.2 Å². The molecule has 0 atom stereocenters. The van der Waals surface area contributed by atoms with Crippen molar-refractivity contribution in [1.82, 2.24) is 0 Å². The summed E-state index contributed by atoms with van der Waals surface area (Å²) in [5.74, 6) is -0.656. The SMILES string of the molecule is COc1ccc(S(=O)(=O)N2CCCCc3ccccc32)cc1F. The Balaban J connectivity index is 2.07. The van der Waals surface area contributed by atoms with E-state index in [9.17, 15) is 12.8 Å². The van der Waals surface area contributed by atoms with Gasteiger partial charge < -0.3 is 4.74 Å². The van der Waals surface area contributed by atoms with E-state index >= 15 is 0 Å². The van der Waals surface area contributed by atoms with E-state index < -0.39 is 15.8 Å². The van der Waals surface area contributed by atoms with Crippen molar-refractivity contribution >= 4 is 15.7 Å². The van der Waals surface area contributed by atoms with E-state index in [0.717, 1.165) is 30.9 Å². The van der Waals surface area contributed by atoms with Crippen LogP contribution in [0.3, 0.4) is 0 Å². The Labute approximate surface area is 135 Å². The quantitative estimate of drug-likeness (QED) is 0.864. The third-order valence-corrected chi connectivity index (χ3v) is 5.84. The Morgan fingerprint density at radius 3 is 2.65 bits per heavy atom. The van der Waals surface area contributed by atoms with Crippen LogP contribution in [0.1, 0.15) is 18.4 Å². The lowest BCUT2D eigenvalue weighted by Gasteiger charge is -2.24. The van der Waals surface area contributed by atoms with Crippen LogP contribution in [0, 0.1) is 5.82 Å². The predicted molar refractivity (Wildman–Crippen MR) is 86.9 cm³/mol. The molecule has 1 aliphatic rings. The molecule has 23 heavy (non-hydrogen) atoms. The summed E-state index contributed by atoms with van der Waals surface area (Å²) in [7, 11) is -2.46. The van der Waals surface area contributed by atoms with Gasteiger partial charge in [-0.15, -0.1) is 0 Å². The molecule has 0 bridgehead atoms. The first-order valence-corrected chi connectivity index (χ1v) is 8.92. The van der Waals surface area contributed by atoms with Gasteiger partial charge in [0, 0.05) is 6.54 Å². The van der Waals surface area contributed by atoms with Gasteiger partial charge >= 0.3 is 0 Å². The first-order valence-electron chi connectivity index (χ1n) is 7.48. The number of nitrogens with zero attached hydrogens (tertiary/aromatic N) is 1. The summed E-state index contributed by atoms with van der Waals surface area (Å²) in [6.45, 7) is 0.396. The Morgan fingerprint density at radius 1 is 1.13 bits per heavy atom. The summed E-state index contributed by atoms with van der Waals surface area (Å²) in [6.07, 6.45) is 2.55. The third kappa shape index (κ3) is 2.91. The minimum Gasteiger partial charge on any atom is -0.494 e. The van der Waals surface area contributed by atoms with Crippen LogP contribution in [0.25, 0.3) is 0 Å². The van der Waals surface area contributed by atoms with Crippen LogP contribution in [-0.4, -0.2) is 22.1 Å². The molecule has 2 aromatic rings. The van der Waals surface area contributed by atoms with Crippen LogP contribution in [0.15, 0.2) is 47.4 Å². The molecule has 0 aromatic heterocycles. The average Bonchev–Trinajstić information content (AvgIpc) is 2.77. The highest BCUT2D eigenvalue weighted by Gasteiger charge is 2.28. The molecule has 4 nitrogen and oxygen atoms in total. The maximum atomic E-state index is 13.9. The smallest absolute Gasteiger partial charge is 0.264 e. The number of rotatable bonds is 3. The van der Waals surface area contributed by atoms with E-state index in [4.69, 9.17) is 4.74 Å². The molecule has 0 aliphatic carbocycles. The number of benzene rings is 2.